The molecule has 4 rings (SSSR count). The van der Waals surface area contributed by atoms with Crippen molar-refractivity contribution in [2.24, 2.45) is 0 Å². The van der Waals surface area contributed by atoms with E-state index < -0.39 is 0 Å². The Balaban J connectivity index is 1.85. The number of aryl methyl sites for hydroxylation is 1. The summed E-state index contributed by atoms with van der Waals surface area (Å²) in [6.45, 7) is 1.88. The van der Waals surface area contributed by atoms with Gasteiger partial charge in [0.25, 0.3) is 0 Å². The summed E-state index contributed by atoms with van der Waals surface area (Å²) in [4.78, 5) is 12.8. The van der Waals surface area contributed by atoms with Crippen LogP contribution in [-0.2, 0) is 6.42 Å². The van der Waals surface area contributed by atoms with Crippen molar-refractivity contribution in [2.75, 3.05) is 7.11 Å². The first-order valence-corrected chi connectivity index (χ1v) is 8.97. The minimum Gasteiger partial charge on any atom is -0.494 e. The maximum Gasteiger partial charge on any atom is 0.167 e. The van der Waals surface area contributed by atoms with Gasteiger partial charge in [-0.3, -0.25) is 4.79 Å². The van der Waals surface area contributed by atoms with Crippen LogP contribution in [0.2, 0.25) is 5.02 Å². The Morgan fingerprint density at radius 3 is 2.65 bits per heavy atom. The summed E-state index contributed by atoms with van der Waals surface area (Å²) >= 11 is 6.20. The second kappa shape index (κ2) is 6.61. The Morgan fingerprint density at radius 1 is 1.15 bits per heavy atom. The number of hydrogen-bond acceptors (Lipinski definition) is 3. The van der Waals surface area contributed by atoms with Crippen molar-refractivity contribution in [3.8, 4) is 11.4 Å². The molecule has 0 bridgehead atoms. The Bertz CT molecular complexity index is 979. The van der Waals surface area contributed by atoms with Crippen LogP contribution in [0.3, 0.4) is 0 Å². The van der Waals surface area contributed by atoms with Gasteiger partial charge >= 0.3 is 0 Å². The lowest BCUT2D eigenvalue weighted by Gasteiger charge is -2.23. The molecule has 0 spiro atoms. The number of halogens is 1. The Hall–Kier alpha value is -2.59. The fraction of sp³-hybridized carbons (Fsp3) is 0.238. The van der Waals surface area contributed by atoms with Crippen LogP contribution in [0.4, 0.5) is 0 Å². The molecular formula is C21H19ClN2O2. The van der Waals surface area contributed by atoms with E-state index in [1.54, 1.807) is 13.2 Å². The number of ether oxygens (including phenoxy) is 1. The molecule has 1 atom stereocenters. The van der Waals surface area contributed by atoms with E-state index in [4.69, 9.17) is 16.3 Å². The average Bonchev–Trinajstić information content (AvgIpc) is 2.99. The Kier molecular flexibility index (Phi) is 4.29. The highest BCUT2D eigenvalue weighted by Gasteiger charge is 2.32. The molecule has 5 heteroatoms. The molecule has 0 N–H and O–H groups in total. The average molecular weight is 367 g/mol. The van der Waals surface area contributed by atoms with E-state index in [0.717, 1.165) is 29.1 Å². The molecule has 0 radical (unpaired) electrons. The van der Waals surface area contributed by atoms with Crippen LogP contribution < -0.4 is 4.74 Å². The van der Waals surface area contributed by atoms with Gasteiger partial charge in [0, 0.05) is 11.4 Å². The number of ketones is 1. The topological polar surface area (TPSA) is 44.1 Å². The molecule has 0 aliphatic heterocycles. The number of Topliss-reactive ketones (excluding diaryl/α,β-unsaturated/α-hetero) is 1. The van der Waals surface area contributed by atoms with Gasteiger partial charge in [0.2, 0.25) is 0 Å². The van der Waals surface area contributed by atoms with Gasteiger partial charge in [-0.2, -0.15) is 5.10 Å². The van der Waals surface area contributed by atoms with Gasteiger partial charge in [-0.25, -0.2) is 4.68 Å². The third-order valence-corrected chi connectivity index (χ3v) is 5.18. The van der Waals surface area contributed by atoms with E-state index in [1.165, 1.54) is 5.56 Å². The van der Waals surface area contributed by atoms with E-state index >= 15 is 0 Å². The van der Waals surface area contributed by atoms with E-state index in [-0.39, 0.29) is 11.7 Å². The van der Waals surface area contributed by atoms with E-state index in [2.05, 4.69) is 17.2 Å². The third-order valence-electron chi connectivity index (χ3n) is 4.95. The summed E-state index contributed by atoms with van der Waals surface area (Å²) < 4.78 is 7.31. The predicted molar refractivity (Wildman–Crippen MR) is 102 cm³/mol. The molecular weight excluding hydrogens is 348 g/mol. The van der Waals surface area contributed by atoms with Crippen molar-refractivity contribution in [3.05, 3.63) is 76.1 Å². The molecule has 0 saturated carbocycles. The van der Waals surface area contributed by atoms with E-state index in [1.807, 2.05) is 41.9 Å². The minimum absolute atomic E-state index is 0.143. The summed E-state index contributed by atoms with van der Waals surface area (Å²) in [6, 6.07) is 15.6. The Labute approximate surface area is 157 Å². The summed E-state index contributed by atoms with van der Waals surface area (Å²) in [5, 5.41) is 5.25. The quantitative estimate of drug-likeness (QED) is 0.671. The maximum absolute atomic E-state index is 12.8. The SMILES string of the molecule is COc1ccc(Cl)cc1-n1nc(C)c2c1CC(c1ccccc1)CC2=O. The molecule has 1 aliphatic rings. The van der Waals surface area contributed by atoms with Crippen LogP contribution in [-0.4, -0.2) is 22.7 Å². The number of methoxy groups -OCH3 is 1. The predicted octanol–water partition coefficient (Wildman–Crippen LogP) is 4.76. The normalized spacial score (nSPS) is 16.4. The fourth-order valence-electron chi connectivity index (χ4n) is 3.75. The zero-order chi connectivity index (χ0) is 18.3. The number of carbonyl (C=O) groups is 1. The second-order valence-electron chi connectivity index (χ2n) is 6.57. The van der Waals surface area contributed by atoms with Gasteiger partial charge < -0.3 is 4.74 Å². The van der Waals surface area contributed by atoms with Crippen molar-refractivity contribution in [3.63, 3.8) is 0 Å². The third kappa shape index (κ3) is 2.80. The zero-order valence-corrected chi connectivity index (χ0v) is 15.5. The molecule has 2 aromatic carbocycles. The number of fused-ring (bicyclic) bond motifs is 1. The van der Waals surface area contributed by atoms with Crippen LogP contribution >= 0.6 is 11.6 Å². The lowest BCUT2D eigenvalue weighted by Crippen LogP contribution is -2.20. The van der Waals surface area contributed by atoms with Gasteiger partial charge in [-0.15, -0.1) is 0 Å². The standard InChI is InChI=1S/C21H19ClN2O2/c1-13-21-18(10-15(11-19(21)25)14-6-4-3-5-7-14)24(23-13)17-12-16(22)8-9-20(17)26-2/h3-9,12,15H,10-11H2,1-2H3. The Morgan fingerprint density at radius 2 is 1.92 bits per heavy atom. The van der Waals surface area contributed by atoms with Crippen LogP contribution in [0, 0.1) is 6.92 Å². The molecule has 4 nitrogen and oxygen atoms in total. The molecule has 1 aromatic heterocycles. The van der Waals surface area contributed by atoms with Gasteiger partial charge in [0.15, 0.2) is 5.78 Å². The summed E-state index contributed by atoms with van der Waals surface area (Å²) in [6.07, 6.45) is 1.26. The number of benzene rings is 2. The van der Waals surface area contributed by atoms with Crippen molar-refractivity contribution >= 4 is 17.4 Å². The van der Waals surface area contributed by atoms with Crippen LogP contribution in [0.5, 0.6) is 5.75 Å². The maximum atomic E-state index is 12.8. The fourth-order valence-corrected chi connectivity index (χ4v) is 3.91. The van der Waals surface area contributed by atoms with Gasteiger partial charge in [-0.1, -0.05) is 41.9 Å². The molecule has 26 heavy (non-hydrogen) atoms. The zero-order valence-electron chi connectivity index (χ0n) is 14.7. The van der Waals surface area contributed by atoms with Gasteiger partial charge in [0.05, 0.1) is 24.1 Å². The number of rotatable bonds is 3. The first kappa shape index (κ1) is 16.9. The van der Waals surface area contributed by atoms with E-state index in [0.29, 0.717) is 17.2 Å². The highest BCUT2D eigenvalue weighted by atomic mass is 35.5. The van der Waals surface area contributed by atoms with Crippen molar-refractivity contribution in [1.29, 1.82) is 0 Å². The van der Waals surface area contributed by atoms with Gasteiger partial charge in [-0.05, 0) is 43.0 Å². The lowest BCUT2D eigenvalue weighted by atomic mass is 9.81. The van der Waals surface area contributed by atoms with Crippen molar-refractivity contribution in [2.45, 2.75) is 25.7 Å². The minimum atomic E-state index is 0.143. The highest BCUT2D eigenvalue weighted by Crippen LogP contribution is 2.37. The molecule has 0 amide bonds. The van der Waals surface area contributed by atoms with Crippen LogP contribution in [0.25, 0.3) is 5.69 Å². The van der Waals surface area contributed by atoms with Crippen LogP contribution in [0.1, 0.15) is 39.6 Å². The largest absolute Gasteiger partial charge is 0.494 e. The first-order chi connectivity index (χ1) is 12.6. The van der Waals surface area contributed by atoms with Crippen LogP contribution in [0.15, 0.2) is 48.5 Å². The molecule has 3 aromatic rings. The molecule has 1 aliphatic carbocycles. The number of hydrogen-bond donors (Lipinski definition) is 0. The monoisotopic (exact) mass is 366 g/mol. The second-order valence-corrected chi connectivity index (χ2v) is 7.01. The number of aromatic nitrogens is 2. The summed E-state index contributed by atoms with van der Waals surface area (Å²) in [7, 11) is 1.62. The molecule has 1 unspecified atom stereocenters. The molecule has 0 fully saturated rings. The molecule has 132 valence electrons. The van der Waals surface area contributed by atoms with Crippen molar-refractivity contribution < 1.29 is 9.53 Å². The number of nitrogens with zero attached hydrogens (tertiary/aromatic N) is 2. The molecule has 1 heterocycles. The molecule has 0 saturated heterocycles. The highest BCUT2D eigenvalue weighted by molar-refractivity contribution is 6.30. The summed E-state index contributed by atoms with van der Waals surface area (Å²) in [5.74, 6) is 0.968. The number of carbonyl (C=O) groups excluding carboxylic acids is 1. The van der Waals surface area contributed by atoms with Gasteiger partial charge in [0.1, 0.15) is 11.4 Å². The van der Waals surface area contributed by atoms with E-state index in [9.17, 15) is 4.79 Å². The van der Waals surface area contributed by atoms with Crippen molar-refractivity contribution in [1.82, 2.24) is 9.78 Å². The lowest BCUT2D eigenvalue weighted by molar-refractivity contribution is 0.0963. The first-order valence-electron chi connectivity index (χ1n) is 8.59. The smallest absolute Gasteiger partial charge is 0.167 e. The summed E-state index contributed by atoms with van der Waals surface area (Å²) in [5.41, 5.74) is 4.34.